The minimum absolute atomic E-state index is 0.0339. The van der Waals surface area contributed by atoms with Crippen LogP contribution >= 0.6 is 22.9 Å². The maximum absolute atomic E-state index is 13.0. The summed E-state index contributed by atoms with van der Waals surface area (Å²) in [5.41, 5.74) is 1.01. The average molecular weight is 407 g/mol. The number of sulfonamides is 1. The van der Waals surface area contributed by atoms with Gasteiger partial charge in [-0.2, -0.15) is 0 Å². The number of halogens is 1. The van der Waals surface area contributed by atoms with E-state index in [9.17, 15) is 13.2 Å². The fraction of sp³-hybridized carbons (Fsp3) is 0.0556. The number of carbonyl (C=O) groups excluding carboxylic acids is 1. The first-order valence-electron chi connectivity index (χ1n) is 7.58. The smallest absolute Gasteiger partial charge is 0.267 e. The van der Waals surface area contributed by atoms with Crippen molar-refractivity contribution in [1.29, 1.82) is 0 Å². The number of carbonyl (C=O) groups is 1. The van der Waals surface area contributed by atoms with Crippen LogP contribution in [0.15, 0.2) is 70.9 Å². The first-order chi connectivity index (χ1) is 12.4. The van der Waals surface area contributed by atoms with Gasteiger partial charge in [-0.15, -0.1) is 11.3 Å². The molecule has 0 aliphatic heterocycles. The Morgan fingerprint density at radius 1 is 1.08 bits per heavy atom. The van der Waals surface area contributed by atoms with E-state index in [2.05, 4.69) is 5.32 Å². The number of anilines is 2. The molecule has 0 saturated carbocycles. The molecule has 5 nitrogen and oxygen atoms in total. The third-order valence-electron chi connectivity index (χ3n) is 3.68. The fourth-order valence-corrected chi connectivity index (χ4v) is 5.02. The second-order valence-corrected chi connectivity index (χ2v) is 8.68. The second-order valence-electron chi connectivity index (χ2n) is 5.39. The molecule has 1 heterocycles. The van der Waals surface area contributed by atoms with Crippen LogP contribution in [0, 0.1) is 0 Å². The van der Waals surface area contributed by atoms with Gasteiger partial charge in [0.25, 0.3) is 15.9 Å². The summed E-state index contributed by atoms with van der Waals surface area (Å²) in [5, 5.41) is 4.74. The molecule has 1 N–H and O–H groups in total. The van der Waals surface area contributed by atoms with Gasteiger partial charge in [-0.05, 0) is 41.8 Å². The normalized spacial score (nSPS) is 11.2. The van der Waals surface area contributed by atoms with Crippen molar-refractivity contribution in [1.82, 2.24) is 0 Å². The highest BCUT2D eigenvalue weighted by Crippen LogP contribution is 2.28. The van der Waals surface area contributed by atoms with Crippen molar-refractivity contribution in [3.8, 4) is 0 Å². The third-order valence-corrected chi connectivity index (χ3v) is 6.78. The summed E-state index contributed by atoms with van der Waals surface area (Å²) >= 11 is 6.98. The lowest BCUT2D eigenvalue weighted by molar-refractivity contribution is 0.102. The maximum Gasteiger partial charge on any atom is 0.267 e. The van der Waals surface area contributed by atoms with Crippen molar-refractivity contribution in [2.45, 2.75) is 4.90 Å². The molecule has 0 fully saturated rings. The minimum atomic E-state index is -3.87. The predicted octanol–water partition coefficient (Wildman–Crippen LogP) is 4.48. The molecule has 0 spiro atoms. The topological polar surface area (TPSA) is 66.5 Å². The van der Waals surface area contributed by atoms with Gasteiger partial charge in [0.15, 0.2) is 0 Å². The largest absolute Gasteiger partial charge is 0.321 e. The van der Waals surface area contributed by atoms with Gasteiger partial charge in [0, 0.05) is 17.8 Å². The Bertz CT molecular complexity index is 1030. The highest BCUT2D eigenvalue weighted by molar-refractivity contribution is 7.93. The number of nitrogens with one attached hydrogen (secondary N) is 1. The summed E-state index contributed by atoms with van der Waals surface area (Å²) in [6, 6.07) is 16.8. The van der Waals surface area contributed by atoms with Crippen molar-refractivity contribution in [3.05, 3.63) is 75.9 Å². The molecule has 0 radical (unpaired) electrons. The first kappa shape index (κ1) is 18.4. The van der Waals surface area contributed by atoms with Gasteiger partial charge in [-0.25, -0.2) is 8.42 Å². The van der Waals surface area contributed by atoms with E-state index in [1.165, 1.54) is 13.1 Å². The Labute approximate surface area is 160 Å². The van der Waals surface area contributed by atoms with Gasteiger partial charge in [0.1, 0.15) is 9.77 Å². The molecule has 3 rings (SSSR count). The van der Waals surface area contributed by atoms with Gasteiger partial charge in [-0.1, -0.05) is 35.9 Å². The van der Waals surface area contributed by atoms with Crippen LogP contribution in [0.1, 0.15) is 9.67 Å². The van der Waals surface area contributed by atoms with E-state index in [-0.39, 0.29) is 9.77 Å². The molecule has 134 valence electrons. The van der Waals surface area contributed by atoms with Crippen molar-refractivity contribution < 1.29 is 13.2 Å². The predicted molar refractivity (Wildman–Crippen MR) is 106 cm³/mol. The number of rotatable bonds is 5. The summed E-state index contributed by atoms with van der Waals surface area (Å²) < 4.78 is 27.1. The van der Waals surface area contributed by atoms with Crippen molar-refractivity contribution >= 4 is 50.2 Å². The Balaban J connectivity index is 1.91. The van der Waals surface area contributed by atoms with Crippen LogP contribution in [-0.2, 0) is 10.0 Å². The Morgan fingerprint density at radius 3 is 2.50 bits per heavy atom. The molecule has 3 aromatic rings. The Kier molecular flexibility index (Phi) is 5.31. The highest BCUT2D eigenvalue weighted by Gasteiger charge is 2.28. The van der Waals surface area contributed by atoms with Gasteiger partial charge < -0.3 is 5.32 Å². The number of amides is 1. The number of para-hydroxylation sites is 1. The number of benzene rings is 2. The van der Waals surface area contributed by atoms with Crippen LogP contribution in [0.4, 0.5) is 11.4 Å². The maximum atomic E-state index is 13.0. The molecule has 8 heteroatoms. The number of hydrogen-bond donors (Lipinski definition) is 1. The first-order valence-corrected chi connectivity index (χ1v) is 10.3. The van der Waals surface area contributed by atoms with E-state index in [4.69, 9.17) is 11.6 Å². The van der Waals surface area contributed by atoms with Gasteiger partial charge >= 0.3 is 0 Å². The van der Waals surface area contributed by atoms with Crippen LogP contribution in [0.2, 0.25) is 5.02 Å². The lowest BCUT2D eigenvalue weighted by Gasteiger charge is -2.19. The highest BCUT2D eigenvalue weighted by atomic mass is 35.5. The van der Waals surface area contributed by atoms with Crippen LogP contribution in [-0.4, -0.2) is 21.4 Å². The van der Waals surface area contributed by atoms with Gasteiger partial charge in [-0.3, -0.25) is 9.10 Å². The summed E-state index contributed by atoms with van der Waals surface area (Å²) in [4.78, 5) is 12.7. The molecule has 26 heavy (non-hydrogen) atoms. The molecule has 1 amide bonds. The van der Waals surface area contributed by atoms with Gasteiger partial charge in [0.05, 0.1) is 5.69 Å². The SMILES string of the molecule is CN(c1ccccc1)S(=O)(=O)c1ccsc1C(=O)Nc1cccc(Cl)c1. The lowest BCUT2D eigenvalue weighted by Crippen LogP contribution is -2.28. The van der Waals surface area contributed by atoms with E-state index < -0.39 is 15.9 Å². The summed E-state index contributed by atoms with van der Waals surface area (Å²) in [5.74, 6) is -0.498. The second kappa shape index (κ2) is 7.49. The molecular formula is C18H15ClN2O3S2. The molecule has 1 aromatic heterocycles. The van der Waals surface area contributed by atoms with E-state index >= 15 is 0 Å². The van der Waals surface area contributed by atoms with E-state index in [1.54, 1.807) is 60.0 Å². The van der Waals surface area contributed by atoms with E-state index in [0.717, 1.165) is 15.6 Å². The number of hydrogen-bond acceptors (Lipinski definition) is 4. The molecule has 0 unspecified atom stereocenters. The standard InChI is InChI=1S/C18H15ClN2O3S2/c1-21(15-8-3-2-4-9-15)26(23,24)16-10-11-25-17(16)18(22)20-14-7-5-6-13(19)12-14/h2-12H,1H3,(H,20,22). The van der Waals surface area contributed by atoms with E-state index in [0.29, 0.717) is 16.4 Å². The van der Waals surface area contributed by atoms with Crippen LogP contribution < -0.4 is 9.62 Å². The van der Waals surface area contributed by atoms with Gasteiger partial charge in [0.2, 0.25) is 0 Å². The minimum Gasteiger partial charge on any atom is -0.321 e. The molecule has 0 aliphatic rings. The van der Waals surface area contributed by atoms with Crippen LogP contribution in [0.3, 0.4) is 0 Å². The molecule has 0 atom stereocenters. The monoisotopic (exact) mass is 406 g/mol. The number of thiophene rings is 1. The quantitative estimate of drug-likeness (QED) is 0.679. The van der Waals surface area contributed by atoms with Crippen LogP contribution in [0.25, 0.3) is 0 Å². The average Bonchev–Trinajstić information content (AvgIpc) is 3.12. The summed E-state index contributed by atoms with van der Waals surface area (Å²) in [6.07, 6.45) is 0. The van der Waals surface area contributed by atoms with Crippen molar-refractivity contribution in [2.24, 2.45) is 0 Å². The molecular weight excluding hydrogens is 392 g/mol. The fourth-order valence-electron chi connectivity index (χ4n) is 2.34. The molecule has 0 saturated heterocycles. The lowest BCUT2D eigenvalue weighted by atomic mass is 10.3. The zero-order valence-corrected chi connectivity index (χ0v) is 16.1. The zero-order valence-electron chi connectivity index (χ0n) is 13.7. The number of nitrogens with zero attached hydrogens (tertiary/aromatic N) is 1. The Hall–Kier alpha value is -2.35. The summed E-state index contributed by atoms with van der Waals surface area (Å²) in [6.45, 7) is 0. The molecule has 0 bridgehead atoms. The zero-order chi connectivity index (χ0) is 18.7. The molecule has 0 aliphatic carbocycles. The third kappa shape index (κ3) is 3.75. The van der Waals surface area contributed by atoms with Crippen LogP contribution in [0.5, 0.6) is 0 Å². The van der Waals surface area contributed by atoms with Crippen molar-refractivity contribution in [2.75, 3.05) is 16.7 Å². The van der Waals surface area contributed by atoms with Crippen molar-refractivity contribution in [3.63, 3.8) is 0 Å². The molecule has 2 aromatic carbocycles. The summed E-state index contributed by atoms with van der Waals surface area (Å²) in [7, 11) is -2.41. The van der Waals surface area contributed by atoms with E-state index in [1.807, 2.05) is 0 Å². The Morgan fingerprint density at radius 2 is 1.81 bits per heavy atom.